The summed E-state index contributed by atoms with van der Waals surface area (Å²) in [5.74, 6) is -1.21. The first-order valence-electron chi connectivity index (χ1n) is 4.89. The number of rotatable bonds is 3. The highest BCUT2D eigenvalue weighted by Crippen LogP contribution is 2.26. The Labute approximate surface area is 101 Å². The molecule has 0 unspecified atom stereocenters. The van der Waals surface area contributed by atoms with Crippen LogP contribution in [0, 0.1) is 5.82 Å². The number of H-pyrrole nitrogens is 1. The Hall–Kier alpha value is -2.77. The molecule has 0 saturated carbocycles. The molecule has 0 spiro atoms. The molecule has 0 bridgehead atoms. The quantitative estimate of drug-likeness (QED) is 0.715. The second-order valence-electron chi connectivity index (χ2n) is 3.38. The number of aromatic amines is 1. The van der Waals surface area contributed by atoms with Gasteiger partial charge in [0, 0.05) is 6.07 Å². The van der Waals surface area contributed by atoms with Gasteiger partial charge in [0.15, 0.2) is 17.2 Å². The number of azo groups is 1. The summed E-state index contributed by atoms with van der Waals surface area (Å²) in [5.41, 5.74) is 10.9. The SMILES string of the molecule is NC(=O)c1[nH]nc(N)c1N=Nc1cccc(F)c1. The second-order valence-corrected chi connectivity index (χ2v) is 3.38. The van der Waals surface area contributed by atoms with Crippen LogP contribution in [0.2, 0.25) is 0 Å². The summed E-state index contributed by atoms with van der Waals surface area (Å²) in [7, 11) is 0. The number of hydrogen-bond donors (Lipinski definition) is 3. The van der Waals surface area contributed by atoms with E-state index in [4.69, 9.17) is 11.5 Å². The maximum atomic E-state index is 12.9. The number of nitrogen functional groups attached to an aromatic ring is 1. The Balaban J connectivity index is 2.34. The van der Waals surface area contributed by atoms with Crippen LogP contribution >= 0.6 is 0 Å². The van der Waals surface area contributed by atoms with Crippen molar-refractivity contribution in [3.8, 4) is 0 Å². The Bertz CT molecular complexity index is 621. The third-order valence-corrected chi connectivity index (χ3v) is 2.09. The molecule has 18 heavy (non-hydrogen) atoms. The monoisotopic (exact) mass is 248 g/mol. The molecule has 0 aliphatic carbocycles. The van der Waals surface area contributed by atoms with Crippen molar-refractivity contribution in [1.82, 2.24) is 10.2 Å². The van der Waals surface area contributed by atoms with E-state index < -0.39 is 11.7 Å². The summed E-state index contributed by atoms with van der Waals surface area (Å²) in [6, 6.07) is 5.49. The average molecular weight is 248 g/mol. The van der Waals surface area contributed by atoms with Gasteiger partial charge in [0.25, 0.3) is 5.91 Å². The standard InChI is InChI=1S/C10H9FN6O/c11-5-2-1-3-6(4-5)14-15-7-8(10(13)18)16-17-9(7)12/h1-4H,(H2,13,18)(H3,12,16,17). The number of nitrogens with two attached hydrogens (primary N) is 2. The number of hydrogen-bond acceptors (Lipinski definition) is 5. The largest absolute Gasteiger partial charge is 0.380 e. The molecule has 2 rings (SSSR count). The van der Waals surface area contributed by atoms with Gasteiger partial charge in [0.1, 0.15) is 5.82 Å². The van der Waals surface area contributed by atoms with Crippen molar-refractivity contribution in [2.24, 2.45) is 16.0 Å². The fraction of sp³-hybridized carbons (Fsp3) is 0. The molecule has 0 radical (unpaired) electrons. The van der Waals surface area contributed by atoms with Crippen molar-refractivity contribution >= 4 is 23.1 Å². The van der Waals surface area contributed by atoms with E-state index in [1.807, 2.05) is 0 Å². The zero-order chi connectivity index (χ0) is 13.1. The van der Waals surface area contributed by atoms with E-state index in [2.05, 4.69) is 20.4 Å². The number of carbonyl (C=O) groups is 1. The second kappa shape index (κ2) is 4.62. The number of amides is 1. The number of nitrogens with one attached hydrogen (secondary N) is 1. The predicted octanol–water partition coefficient (Wildman–Crippen LogP) is 1.65. The van der Waals surface area contributed by atoms with Gasteiger partial charge in [-0.1, -0.05) is 6.07 Å². The molecule has 1 heterocycles. The molecule has 1 amide bonds. The predicted molar refractivity (Wildman–Crippen MR) is 62.1 cm³/mol. The van der Waals surface area contributed by atoms with Crippen molar-refractivity contribution in [2.75, 3.05) is 5.73 Å². The molecule has 1 aromatic carbocycles. The fourth-order valence-corrected chi connectivity index (χ4v) is 1.27. The summed E-state index contributed by atoms with van der Waals surface area (Å²) < 4.78 is 12.9. The van der Waals surface area contributed by atoms with Crippen LogP contribution in [-0.4, -0.2) is 16.1 Å². The smallest absolute Gasteiger partial charge is 0.269 e. The van der Waals surface area contributed by atoms with Crippen molar-refractivity contribution in [3.63, 3.8) is 0 Å². The van der Waals surface area contributed by atoms with Gasteiger partial charge in [0.05, 0.1) is 5.69 Å². The van der Waals surface area contributed by atoms with Gasteiger partial charge in [-0.05, 0) is 12.1 Å². The maximum Gasteiger partial charge on any atom is 0.269 e. The third-order valence-electron chi connectivity index (χ3n) is 2.09. The van der Waals surface area contributed by atoms with Crippen LogP contribution in [-0.2, 0) is 0 Å². The van der Waals surface area contributed by atoms with Crippen molar-refractivity contribution in [2.45, 2.75) is 0 Å². The van der Waals surface area contributed by atoms with E-state index >= 15 is 0 Å². The summed E-state index contributed by atoms with van der Waals surface area (Å²) in [4.78, 5) is 11.0. The van der Waals surface area contributed by atoms with E-state index in [1.165, 1.54) is 18.2 Å². The number of nitrogens with zero attached hydrogens (tertiary/aromatic N) is 3. The average Bonchev–Trinajstić information content (AvgIpc) is 2.68. The molecule has 1 aromatic heterocycles. The molecule has 92 valence electrons. The highest BCUT2D eigenvalue weighted by molar-refractivity contribution is 5.97. The lowest BCUT2D eigenvalue weighted by atomic mass is 10.3. The zero-order valence-electron chi connectivity index (χ0n) is 9.09. The first-order chi connectivity index (χ1) is 8.58. The molecule has 0 aliphatic rings. The van der Waals surface area contributed by atoms with Gasteiger partial charge in [-0.3, -0.25) is 9.89 Å². The highest BCUT2D eigenvalue weighted by Gasteiger charge is 2.14. The minimum Gasteiger partial charge on any atom is -0.380 e. The lowest BCUT2D eigenvalue weighted by Gasteiger charge is -1.94. The number of aromatic nitrogens is 2. The molecule has 2 aromatic rings. The number of carbonyl (C=O) groups excluding carboxylic acids is 1. The minimum absolute atomic E-state index is 0.0102. The third kappa shape index (κ3) is 2.32. The molecule has 0 fully saturated rings. The van der Waals surface area contributed by atoms with E-state index in [9.17, 15) is 9.18 Å². The maximum absolute atomic E-state index is 12.9. The van der Waals surface area contributed by atoms with Crippen LogP contribution < -0.4 is 11.5 Å². The molecule has 7 nitrogen and oxygen atoms in total. The molecule has 0 saturated heterocycles. The van der Waals surface area contributed by atoms with Crippen molar-refractivity contribution < 1.29 is 9.18 Å². The molecular weight excluding hydrogens is 239 g/mol. The molecule has 0 atom stereocenters. The van der Waals surface area contributed by atoms with Crippen LogP contribution in [0.4, 0.5) is 21.6 Å². The molecule has 0 aliphatic heterocycles. The van der Waals surface area contributed by atoms with Crippen LogP contribution in [0.15, 0.2) is 34.5 Å². The lowest BCUT2D eigenvalue weighted by molar-refractivity contribution is 0.0996. The van der Waals surface area contributed by atoms with Crippen LogP contribution in [0.25, 0.3) is 0 Å². The van der Waals surface area contributed by atoms with Gasteiger partial charge < -0.3 is 11.5 Å². The Morgan fingerprint density at radius 2 is 2.17 bits per heavy atom. The summed E-state index contributed by atoms with van der Waals surface area (Å²) in [6.45, 7) is 0. The van der Waals surface area contributed by atoms with E-state index in [0.29, 0.717) is 0 Å². The molecule has 8 heteroatoms. The van der Waals surface area contributed by atoms with E-state index in [0.717, 1.165) is 0 Å². The lowest BCUT2D eigenvalue weighted by Crippen LogP contribution is -2.11. The Morgan fingerprint density at radius 1 is 1.39 bits per heavy atom. The minimum atomic E-state index is -0.757. The number of halogens is 1. The fourth-order valence-electron chi connectivity index (χ4n) is 1.27. The highest BCUT2D eigenvalue weighted by atomic mass is 19.1. The number of primary amides is 1. The topological polar surface area (TPSA) is 123 Å². The number of anilines is 1. The van der Waals surface area contributed by atoms with Gasteiger partial charge in [0.2, 0.25) is 0 Å². The molecular formula is C10H9FN6O. The van der Waals surface area contributed by atoms with Crippen LogP contribution in [0.1, 0.15) is 10.5 Å². The number of benzene rings is 1. The van der Waals surface area contributed by atoms with Crippen LogP contribution in [0.3, 0.4) is 0 Å². The summed E-state index contributed by atoms with van der Waals surface area (Å²) in [5, 5.41) is 13.4. The Morgan fingerprint density at radius 3 is 2.83 bits per heavy atom. The summed E-state index contributed by atoms with van der Waals surface area (Å²) in [6.07, 6.45) is 0. The van der Waals surface area contributed by atoms with Crippen molar-refractivity contribution in [3.05, 3.63) is 35.8 Å². The first kappa shape index (κ1) is 11.7. The summed E-state index contributed by atoms with van der Waals surface area (Å²) >= 11 is 0. The molecule has 5 N–H and O–H groups in total. The normalized spacial score (nSPS) is 10.9. The van der Waals surface area contributed by atoms with E-state index in [-0.39, 0.29) is 22.9 Å². The Kier molecular flexibility index (Phi) is 3.00. The van der Waals surface area contributed by atoms with Crippen molar-refractivity contribution in [1.29, 1.82) is 0 Å². The zero-order valence-corrected chi connectivity index (χ0v) is 9.09. The first-order valence-corrected chi connectivity index (χ1v) is 4.89. The van der Waals surface area contributed by atoms with Gasteiger partial charge >= 0.3 is 0 Å². The van der Waals surface area contributed by atoms with Gasteiger partial charge in [-0.15, -0.1) is 5.11 Å². The van der Waals surface area contributed by atoms with Gasteiger partial charge in [-0.25, -0.2) is 4.39 Å². The van der Waals surface area contributed by atoms with Crippen LogP contribution in [0.5, 0.6) is 0 Å². The van der Waals surface area contributed by atoms with E-state index in [1.54, 1.807) is 6.07 Å². The van der Waals surface area contributed by atoms with Gasteiger partial charge in [-0.2, -0.15) is 10.2 Å².